The molecule has 4 amide bonds. The van der Waals surface area contributed by atoms with Gasteiger partial charge in [0.2, 0.25) is 23.6 Å². The van der Waals surface area contributed by atoms with Crippen LogP contribution < -0.4 is 21.7 Å². The second-order valence-corrected chi connectivity index (χ2v) is 5.10. The molecule has 0 aliphatic carbocycles. The van der Waals surface area contributed by atoms with Gasteiger partial charge in [-0.25, -0.2) is 4.39 Å². The molecule has 122 valence electrons. The van der Waals surface area contributed by atoms with Crippen molar-refractivity contribution in [2.45, 2.75) is 12.5 Å². The van der Waals surface area contributed by atoms with Crippen LogP contribution in [0.25, 0.3) is 0 Å². The molecule has 23 heavy (non-hydrogen) atoms. The molecule has 1 unspecified atom stereocenters. The van der Waals surface area contributed by atoms with Crippen LogP contribution in [0.4, 0.5) is 10.1 Å². The molecule has 1 aliphatic rings. The summed E-state index contributed by atoms with van der Waals surface area (Å²) in [5.74, 6) is -4.79. The van der Waals surface area contributed by atoms with Gasteiger partial charge in [-0.3, -0.25) is 19.2 Å². The third kappa shape index (κ3) is 3.44. The van der Waals surface area contributed by atoms with E-state index in [1.807, 2.05) is 0 Å². The number of amides is 4. The van der Waals surface area contributed by atoms with Crippen molar-refractivity contribution in [3.8, 4) is 0 Å². The maximum absolute atomic E-state index is 13.7. The van der Waals surface area contributed by atoms with Crippen molar-refractivity contribution in [3.05, 3.63) is 30.1 Å². The molecule has 0 saturated carbocycles. The van der Waals surface area contributed by atoms with E-state index < -0.39 is 41.4 Å². The number of nitrogens with two attached hydrogens (primary N) is 2. The number of hydrogen-bond acceptors (Lipinski definition) is 4. The average molecular weight is 322 g/mol. The fourth-order valence-corrected chi connectivity index (χ4v) is 2.33. The minimum absolute atomic E-state index is 0.0640. The molecule has 1 aromatic rings. The zero-order chi connectivity index (χ0) is 17.1. The third-order valence-electron chi connectivity index (χ3n) is 3.49. The predicted octanol–water partition coefficient (Wildman–Crippen LogP) is -1.37. The lowest BCUT2D eigenvalue weighted by molar-refractivity contribution is -0.135. The van der Waals surface area contributed by atoms with Crippen molar-refractivity contribution in [1.29, 1.82) is 0 Å². The van der Waals surface area contributed by atoms with E-state index in [0.29, 0.717) is 0 Å². The second kappa shape index (κ2) is 6.42. The van der Waals surface area contributed by atoms with E-state index in [1.165, 1.54) is 18.2 Å². The Labute approximate surface area is 130 Å². The fourth-order valence-electron chi connectivity index (χ4n) is 2.33. The maximum atomic E-state index is 13.7. The van der Waals surface area contributed by atoms with Gasteiger partial charge in [0, 0.05) is 13.0 Å². The second-order valence-electron chi connectivity index (χ2n) is 5.10. The van der Waals surface area contributed by atoms with Crippen LogP contribution in [0, 0.1) is 11.7 Å². The minimum atomic E-state index is -1.65. The van der Waals surface area contributed by atoms with Crippen molar-refractivity contribution < 1.29 is 23.6 Å². The quantitative estimate of drug-likeness (QED) is 0.576. The summed E-state index contributed by atoms with van der Waals surface area (Å²) < 4.78 is 13.7. The molecule has 0 aromatic heterocycles. The van der Waals surface area contributed by atoms with Gasteiger partial charge in [0.1, 0.15) is 5.82 Å². The predicted molar refractivity (Wildman–Crippen MR) is 77.2 cm³/mol. The summed E-state index contributed by atoms with van der Waals surface area (Å²) in [6, 6.07) is 4.01. The molecule has 0 bridgehead atoms. The fraction of sp³-hybridized carbons (Fsp3) is 0.286. The number of nitrogens with zero attached hydrogens (tertiary/aromatic N) is 1. The van der Waals surface area contributed by atoms with E-state index in [0.717, 1.165) is 4.90 Å². The number of primary amides is 2. The van der Waals surface area contributed by atoms with Gasteiger partial charge in [-0.1, -0.05) is 12.1 Å². The summed E-state index contributed by atoms with van der Waals surface area (Å²) in [6.45, 7) is -0.0736. The molecule has 1 fully saturated rings. The third-order valence-corrected chi connectivity index (χ3v) is 3.49. The Bertz CT molecular complexity index is 664. The van der Waals surface area contributed by atoms with Crippen LogP contribution >= 0.6 is 0 Å². The molecule has 1 aromatic carbocycles. The first kappa shape index (κ1) is 16.4. The normalized spacial score (nSPS) is 17.4. The average Bonchev–Trinajstić information content (AvgIpc) is 2.86. The van der Waals surface area contributed by atoms with Crippen molar-refractivity contribution >= 4 is 29.3 Å². The largest absolute Gasteiger partial charge is 0.367 e. The van der Waals surface area contributed by atoms with Gasteiger partial charge >= 0.3 is 0 Å². The molecular weight excluding hydrogens is 307 g/mol. The van der Waals surface area contributed by atoms with Crippen LogP contribution in [0.1, 0.15) is 6.42 Å². The maximum Gasteiger partial charge on any atom is 0.249 e. The highest BCUT2D eigenvalue weighted by Crippen LogP contribution is 2.27. The Kier molecular flexibility index (Phi) is 4.58. The molecule has 5 N–H and O–H groups in total. The van der Waals surface area contributed by atoms with Crippen molar-refractivity contribution in [2.75, 3.05) is 11.4 Å². The Balaban J connectivity index is 2.10. The zero-order valence-electron chi connectivity index (χ0n) is 12.0. The number of hydrogen-bond donors (Lipinski definition) is 3. The molecule has 0 radical (unpaired) electrons. The Morgan fingerprint density at radius 3 is 2.39 bits per heavy atom. The number of nitrogens with one attached hydrogen (secondary N) is 1. The van der Waals surface area contributed by atoms with E-state index in [4.69, 9.17) is 11.5 Å². The number of carbonyl (C=O) groups is 4. The van der Waals surface area contributed by atoms with Crippen molar-refractivity contribution in [2.24, 2.45) is 17.4 Å². The first-order valence-corrected chi connectivity index (χ1v) is 6.75. The number of halogens is 1. The van der Waals surface area contributed by atoms with Crippen LogP contribution in [0.15, 0.2) is 24.3 Å². The van der Waals surface area contributed by atoms with E-state index in [1.54, 1.807) is 6.07 Å². The highest BCUT2D eigenvalue weighted by atomic mass is 19.1. The van der Waals surface area contributed by atoms with Crippen LogP contribution in [0.3, 0.4) is 0 Å². The highest BCUT2D eigenvalue weighted by molar-refractivity contribution is 6.07. The lowest BCUT2D eigenvalue weighted by Crippen LogP contribution is -2.54. The van der Waals surface area contributed by atoms with Gasteiger partial charge in [0.05, 0.1) is 11.6 Å². The Hall–Kier alpha value is -2.97. The summed E-state index contributed by atoms with van der Waals surface area (Å²) in [5.41, 5.74) is 10.0. The summed E-state index contributed by atoms with van der Waals surface area (Å²) in [4.78, 5) is 47.3. The van der Waals surface area contributed by atoms with Crippen molar-refractivity contribution in [1.82, 2.24) is 5.32 Å². The van der Waals surface area contributed by atoms with Crippen LogP contribution in [0.5, 0.6) is 0 Å². The van der Waals surface area contributed by atoms with Crippen molar-refractivity contribution in [3.63, 3.8) is 0 Å². The number of para-hydroxylation sites is 1. The number of benzene rings is 1. The minimum Gasteiger partial charge on any atom is -0.367 e. The van der Waals surface area contributed by atoms with E-state index in [-0.39, 0.29) is 18.7 Å². The first-order valence-electron chi connectivity index (χ1n) is 6.75. The van der Waals surface area contributed by atoms with E-state index >= 15 is 0 Å². The first-order chi connectivity index (χ1) is 10.8. The molecule has 8 nitrogen and oxygen atoms in total. The van der Waals surface area contributed by atoms with Gasteiger partial charge < -0.3 is 21.7 Å². The zero-order valence-corrected chi connectivity index (χ0v) is 12.0. The monoisotopic (exact) mass is 322 g/mol. The molecular formula is C14H15FN4O4. The van der Waals surface area contributed by atoms with Crippen LogP contribution in [-0.4, -0.2) is 36.2 Å². The summed E-state index contributed by atoms with van der Waals surface area (Å²) in [6.07, 6.45) is -0.176. The summed E-state index contributed by atoms with van der Waals surface area (Å²) >= 11 is 0. The number of anilines is 1. The standard InChI is InChI=1S/C14H15FN4O4/c15-8-3-1-2-4-9(8)19-6-7(5-10(19)20)14(23)18-11(12(16)21)13(17)22/h1-4,7,11H,5-6H2,(H2,16,21)(H2,17,22)(H,18,23). The molecule has 9 heteroatoms. The Morgan fingerprint density at radius 2 is 1.83 bits per heavy atom. The molecule has 1 heterocycles. The molecule has 1 saturated heterocycles. The Morgan fingerprint density at radius 1 is 1.22 bits per heavy atom. The van der Waals surface area contributed by atoms with Gasteiger partial charge in [0.25, 0.3) is 0 Å². The molecule has 1 aliphatic heterocycles. The highest BCUT2D eigenvalue weighted by Gasteiger charge is 2.37. The molecule has 2 rings (SSSR count). The lowest BCUT2D eigenvalue weighted by Gasteiger charge is -2.18. The molecule has 1 atom stereocenters. The van der Waals surface area contributed by atoms with Crippen LogP contribution in [0.2, 0.25) is 0 Å². The summed E-state index contributed by atoms with van der Waals surface area (Å²) in [5, 5.41) is 2.10. The van der Waals surface area contributed by atoms with Gasteiger partial charge in [-0.2, -0.15) is 0 Å². The van der Waals surface area contributed by atoms with E-state index in [2.05, 4.69) is 5.32 Å². The van der Waals surface area contributed by atoms with Gasteiger partial charge in [0.15, 0.2) is 6.04 Å². The SMILES string of the molecule is NC(=O)C(NC(=O)C1CC(=O)N(c2ccccc2F)C1)C(N)=O. The van der Waals surface area contributed by atoms with E-state index in [9.17, 15) is 23.6 Å². The summed E-state index contributed by atoms with van der Waals surface area (Å²) in [7, 11) is 0. The van der Waals surface area contributed by atoms with Crippen LogP contribution in [-0.2, 0) is 19.2 Å². The topological polar surface area (TPSA) is 136 Å². The van der Waals surface area contributed by atoms with Gasteiger partial charge in [-0.15, -0.1) is 0 Å². The number of carbonyl (C=O) groups excluding carboxylic acids is 4. The molecule has 0 spiro atoms. The number of rotatable bonds is 5. The van der Waals surface area contributed by atoms with Gasteiger partial charge in [-0.05, 0) is 12.1 Å². The smallest absolute Gasteiger partial charge is 0.249 e. The lowest BCUT2D eigenvalue weighted by atomic mass is 10.1.